The monoisotopic (exact) mass is 352 g/mol. The van der Waals surface area contributed by atoms with Crippen LogP contribution in [0.1, 0.15) is 35.8 Å². The number of benzene rings is 1. The molecular formula is C19H20N4O3. The van der Waals surface area contributed by atoms with Crippen molar-refractivity contribution in [1.29, 1.82) is 5.26 Å². The van der Waals surface area contributed by atoms with E-state index in [4.69, 9.17) is 9.47 Å². The van der Waals surface area contributed by atoms with Gasteiger partial charge < -0.3 is 14.0 Å². The molecule has 0 N–H and O–H groups in total. The minimum absolute atomic E-state index is 0.195. The normalized spacial score (nSPS) is 11.0. The van der Waals surface area contributed by atoms with Gasteiger partial charge in [-0.15, -0.1) is 0 Å². The summed E-state index contributed by atoms with van der Waals surface area (Å²) in [6, 6.07) is 8.27. The van der Waals surface area contributed by atoms with E-state index in [9.17, 15) is 10.1 Å². The zero-order chi connectivity index (χ0) is 18.7. The molecule has 0 aliphatic rings. The zero-order valence-electron chi connectivity index (χ0n) is 15.0. The number of nitrogens with zero attached hydrogens (tertiary/aromatic N) is 4. The summed E-state index contributed by atoms with van der Waals surface area (Å²) in [7, 11) is 1.55. The number of ether oxygens (including phenoxy) is 2. The van der Waals surface area contributed by atoms with E-state index in [1.807, 2.05) is 24.4 Å². The van der Waals surface area contributed by atoms with Crippen molar-refractivity contribution in [2.45, 2.75) is 19.9 Å². The van der Waals surface area contributed by atoms with Crippen LogP contribution in [-0.2, 0) is 9.47 Å². The quantitative estimate of drug-likeness (QED) is 0.503. The van der Waals surface area contributed by atoms with Gasteiger partial charge in [0.2, 0.25) is 0 Å². The van der Waals surface area contributed by atoms with Gasteiger partial charge in [-0.2, -0.15) is 10.4 Å². The van der Waals surface area contributed by atoms with Gasteiger partial charge in [0, 0.05) is 36.4 Å². The number of carbonyl (C=O) groups is 1. The van der Waals surface area contributed by atoms with Crippen LogP contribution in [0.3, 0.4) is 0 Å². The summed E-state index contributed by atoms with van der Waals surface area (Å²) in [5.41, 5.74) is 2.74. The Morgan fingerprint density at radius 2 is 2.12 bits per heavy atom. The summed E-state index contributed by atoms with van der Waals surface area (Å²) in [6.07, 6.45) is 4.94. The smallest absolute Gasteiger partial charge is 0.341 e. The van der Waals surface area contributed by atoms with E-state index in [0.29, 0.717) is 17.7 Å². The highest BCUT2D eigenvalue weighted by molar-refractivity contribution is 5.90. The minimum Gasteiger partial charge on any atom is -0.460 e. The Morgan fingerprint density at radius 1 is 1.31 bits per heavy atom. The van der Waals surface area contributed by atoms with Crippen molar-refractivity contribution in [3.63, 3.8) is 0 Å². The molecule has 0 unspecified atom stereocenters. The lowest BCUT2D eigenvalue weighted by molar-refractivity contribution is 0.0388. The van der Waals surface area contributed by atoms with Crippen LogP contribution in [0.5, 0.6) is 0 Å². The van der Waals surface area contributed by atoms with Crippen LogP contribution >= 0.6 is 0 Å². The predicted molar refractivity (Wildman–Crippen MR) is 96.3 cm³/mol. The van der Waals surface area contributed by atoms with Crippen LogP contribution in [0.25, 0.3) is 16.6 Å². The molecule has 0 bridgehead atoms. The summed E-state index contributed by atoms with van der Waals surface area (Å²) in [5, 5.41) is 14.5. The molecule has 0 spiro atoms. The number of esters is 1. The molecule has 1 aromatic carbocycles. The predicted octanol–water partition coefficient (Wildman–Crippen LogP) is 3.08. The molecule has 7 heteroatoms. The summed E-state index contributed by atoms with van der Waals surface area (Å²) in [5.74, 6) is -0.446. The van der Waals surface area contributed by atoms with E-state index >= 15 is 0 Å². The Labute approximate surface area is 151 Å². The summed E-state index contributed by atoms with van der Waals surface area (Å²) in [6.45, 7) is 4.69. The number of aromatic nitrogens is 3. The topological polar surface area (TPSA) is 82.1 Å². The largest absolute Gasteiger partial charge is 0.460 e. The molecule has 3 aromatic rings. The Kier molecular flexibility index (Phi) is 5.05. The molecule has 0 fully saturated rings. The standard InChI is InChI=1S/C19H20N4O3/c1-13(2)22-11-14(9-20)17-8-16(4-5-18(17)22)23-12-15(10-21-23)19(24)26-7-6-25-3/h4-5,8,10-13H,6-7H2,1-3H3. The number of methoxy groups -OCH3 is 1. The first-order valence-corrected chi connectivity index (χ1v) is 8.31. The third-order valence-electron chi connectivity index (χ3n) is 4.10. The van der Waals surface area contributed by atoms with Crippen LogP contribution in [-0.4, -0.2) is 40.6 Å². The van der Waals surface area contributed by atoms with Crippen molar-refractivity contribution >= 4 is 16.9 Å². The van der Waals surface area contributed by atoms with Crippen molar-refractivity contribution in [2.24, 2.45) is 0 Å². The highest BCUT2D eigenvalue weighted by Crippen LogP contribution is 2.26. The Morgan fingerprint density at radius 3 is 2.81 bits per heavy atom. The first-order valence-electron chi connectivity index (χ1n) is 8.31. The highest BCUT2D eigenvalue weighted by Gasteiger charge is 2.14. The van der Waals surface area contributed by atoms with Gasteiger partial charge in [-0.1, -0.05) is 0 Å². The fourth-order valence-corrected chi connectivity index (χ4v) is 2.77. The van der Waals surface area contributed by atoms with Crippen molar-refractivity contribution in [2.75, 3.05) is 20.3 Å². The SMILES string of the molecule is COCCOC(=O)c1cnn(-c2ccc3c(c2)c(C#N)cn3C(C)C)c1. The summed E-state index contributed by atoms with van der Waals surface area (Å²) in [4.78, 5) is 12.0. The van der Waals surface area contributed by atoms with Crippen LogP contribution in [0, 0.1) is 11.3 Å². The molecule has 134 valence electrons. The molecule has 2 heterocycles. The first-order chi connectivity index (χ1) is 12.5. The van der Waals surface area contributed by atoms with Crippen LogP contribution in [0.4, 0.5) is 0 Å². The molecule has 7 nitrogen and oxygen atoms in total. The Bertz CT molecular complexity index is 978. The number of nitriles is 1. The molecule has 26 heavy (non-hydrogen) atoms. The molecule has 0 amide bonds. The van der Waals surface area contributed by atoms with Crippen molar-refractivity contribution in [1.82, 2.24) is 14.3 Å². The Balaban J connectivity index is 1.92. The van der Waals surface area contributed by atoms with Gasteiger partial charge in [-0.25, -0.2) is 9.48 Å². The zero-order valence-corrected chi connectivity index (χ0v) is 15.0. The number of carbonyl (C=O) groups excluding carboxylic acids is 1. The van der Waals surface area contributed by atoms with Gasteiger partial charge in [0.1, 0.15) is 12.7 Å². The number of hydrogen-bond donors (Lipinski definition) is 0. The molecule has 0 atom stereocenters. The van der Waals surface area contributed by atoms with Gasteiger partial charge in [0.25, 0.3) is 0 Å². The van der Waals surface area contributed by atoms with E-state index in [1.165, 1.54) is 6.20 Å². The molecule has 2 aromatic heterocycles. The van der Waals surface area contributed by atoms with Gasteiger partial charge in [0.05, 0.1) is 29.6 Å². The van der Waals surface area contributed by atoms with E-state index in [2.05, 4.69) is 29.6 Å². The van der Waals surface area contributed by atoms with Gasteiger partial charge in [-0.3, -0.25) is 0 Å². The molecule has 0 radical (unpaired) electrons. The maximum absolute atomic E-state index is 12.0. The van der Waals surface area contributed by atoms with Gasteiger partial charge in [-0.05, 0) is 32.0 Å². The molecule has 0 aliphatic heterocycles. The van der Waals surface area contributed by atoms with Crippen LogP contribution < -0.4 is 0 Å². The lowest BCUT2D eigenvalue weighted by Crippen LogP contribution is -2.09. The second-order valence-corrected chi connectivity index (χ2v) is 6.16. The van der Waals surface area contributed by atoms with Crippen molar-refractivity contribution < 1.29 is 14.3 Å². The third kappa shape index (κ3) is 3.32. The first kappa shape index (κ1) is 17.7. The molecule has 0 aliphatic carbocycles. The number of fused-ring (bicyclic) bond motifs is 1. The lowest BCUT2D eigenvalue weighted by Gasteiger charge is -2.09. The highest BCUT2D eigenvalue weighted by atomic mass is 16.6. The van der Waals surface area contributed by atoms with Crippen molar-refractivity contribution in [3.05, 3.63) is 47.9 Å². The van der Waals surface area contributed by atoms with Crippen LogP contribution in [0.15, 0.2) is 36.8 Å². The summed E-state index contributed by atoms with van der Waals surface area (Å²) >= 11 is 0. The molecule has 0 saturated carbocycles. The minimum atomic E-state index is -0.446. The van der Waals surface area contributed by atoms with E-state index < -0.39 is 5.97 Å². The lowest BCUT2D eigenvalue weighted by atomic mass is 10.1. The molecule has 3 rings (SSSR count). The fraction of sp³-hybridized carbons (Fsp3) is 0.316. The molecular weight excluding hydrogens is 332 g/mol. The number of rotatable bonds is 6. The van der Waals surface area contributed by atoms with Gasteiger partial charge >= 0.3 is 5.97 Å². The number of hydrogen-bond acceptors (Lipinski definition) is 5. The fourth-order valence-electron chi connectivity index (χ4n) is 2.77. The van der Waals surface area contributed by atoms with Crippen LogP contribution in [0.2, 0.25) is 0 Å². The maximum Gasteiger partial charge on any atom is 0.341 e. The Hall–Kier alpha value is -3.11. The molecule has 0 saturated heterocycles. The van der Waals surface area contributed by atoms with Gasteiger partial charge in [0.15, 0.2) is 0 Å². The maximum atomic E-state index is 12.0. The average molecular weight is 352 g/mol. The van der Waals surface area contributed by atoms with Crippen molar-refractivity contribution in [3.8, 4) is 11.8 Å². The van der Waals surface area contributed by atoms with E-state index in [0.717, 1.165) is 16.6 Å². The summed E-state index contributed by atoms with van der Waals surface area (Å²) < 4.78 is 13.6. The second-order valence-electron chi connectivity index (χ2n) is 6.16. The van der Waals surface area contributed by atoms with E-state index in [-0.39, 0.29) is 12.6 Å². The van der Waals surface area contributed by atoms with E-state index in [1.54, 1.807) is 18.0 Å². The third-order valence-corrected chi connectivity index (χ3v) is 4.10. The average Bonchev–Trinajstić information content (AvgIpc) is 3.26. The second kappa shape index (κ2) is 7.42.